The average molecular weight is 543 g/mol. The Morgan fingerprint density at radius 2 is 1.07 bits per heavy atom. The first-order chi connectivity index (χ1) is 19.5. The lowest BCUT2D eigenvalue weighted by molar-refractivity contribution is 0.102. The van der Waals surface area contributed by atoms with Gasteiger partial charge < -0.3 is 5.32 Å². The summed E-state index contributed by atoms with van der Waals surface area (Å²) in [6, 6.07) is 24.7. The van der Waals surface area contributed by atoms with Crippen LogP contribution in [0.1, 0.15) is 55.0 Å². The number of aryl methyl sites for hydroxylation is 8. The summed E-state index contributed by atoms with van der Waals surface area (Å²) >= 11 is 0. The molecule has 1 N–H and O–H groups in total. The standard InChI is InChI=1S/C36H38N4O/c1-22-9-13-30(14-10-22)37-35(41)32-21-39(33-26(5)17-24(3)18-27(33)6)36(38-31-15-11-23(2)12-16-31)40(32)34-28(7)19-25(4)20-29(34)8/h9-21H,1-8H3,(H,37,41). The lowest BCUT2D eigenvalue weighted by Gasteiger charge is -2.16. The maximum absolute atomic E-state index is 14.1. The molecule has 0 aliphatic heterocycles. The molecule has 5 nitrogen and oxygen atoms in total. The molecule has 0 aliphatic rings. The van der Waals surface area contributed by atoms with Crippen LogP contribution in [0, 0.1) is 55.4 Å². The summed E-state index contributed by atoms with van der Waals surface area (Å²) in [6.07, 6.45) is 1.93. The van der Waals surface area contributed by atoms with Gasteiger partial charge in [0, 0.05) is 11.9 Å². The summed E-state index contributed by atoms with van der Waals surface area (Å²) in [4.78, 5) is 19.3. The summed E-state index contributed by atoms with van der Waals surface area (Å²) in [6.45, 7) is 16.7. The van der Waals surface area contributed by atoms with E-state index in [-0.39, 0.29) is 5.91 Å². The molecule has 1 heterocycles. The number of hydrogen-bond donors (Lipinski definition) is 1. The third-order valence-corrected chi connectivity index (χ3v) is 7.45. The summed E-state index contributed by atoms with van der Waals surface area (Å²) in [5, 5.41) is 3.13. The molecule has 0 unspecified atom stereocenters. The number of nitrogens with zero attached hydrogens (tertiary/aromatic N) is 3. The van der Waals surface area contributed by atoms with Gasteiger partial charge in [0.05, 0.1) is 17.1 Å². The molecule has 0 aliphatic carbocycles. The van der Waals surface area contributed by atoms with Gasteiger partial charge in [-0.3, -0.25) is 13.9 Å². The van der Waals surface area contributed by atoms with Crippen molar-refractivity contribution in [2.75, 3.05) is 5.32 Å². The highest BCUT2D eigenvalue weighted by molar-refractivity contribution is 6.03. The molecule has 41 heavy (non-hydrogen) atoms. The van der Waals surface area contributed by atoms with Gasteiger partial charge in [0.2, 0.25) is 5.62 Å². The van der Waals surface area contributed by atoms with E-state index in [9.17, 15) is 4.79 Å². The molecule has 208 valence electrons. The van der Waals surface area contributed by atoms with E-state index in [0.717, 1.165) is 50.6 Å². The summed E-state index contributed by atoms with van der Waals surface area (Å²) in [5.74, 6) is -0.199. The Morgan fingerprint density at radius 1 is 0.610 bits per heavy atom. The number of hydrogen-bond acceptors (Lipinski definition) is 2. The molecule has 1 amide bonds. The van der Waals surface area contributed by atoms with Crippen LogP contribution >= 0.6 is 0 Å². The Bertz CT molecular complexity index is 1790. The van der Waals surface area contributed by atoms with Crippen LogP contribution in [-0.2, 0) is 0 Å². The van der Waals surface area contributed by atoms with E-state index in [4.69, 9.17) is 4.99 Å². The highest BCUT2D eigenvalue weighted by Crippen LogP contribution is 2.26. The van der Waals surface area contributed by atoms with Crippen LogP contribution in [0.15, 0.2) is 84.0 Å². The van der Waals surface area contributed by atoms with Gasteiger partial charge in [-0.15, -0.1) is 0 Å². The first-order valence-electron chi connectivity index (χ1n) is 14.0. The zero-order valence-electron chi connectivity index (χ0n) is 25.3. The van der Waals surface area contributed by atoms with Gasteiger partial charge in [-0.2, -0.15) is 0 Å². The number of aromatic nitrogens is 2. The molecule has 0 saturated heterocycles. The van der Waals surface area contributed by atoms with Crippen LogP contribution in [0.25, 0.3) is 11.4 Å². The maximum Gasteiger partial charge on any atom is 0.274 e. The van der Waals surface area contributed by atoms with Crippen molar-refractivity contribution in [1.82, 2.24) is 9.13 Å². The van der Waals surface area contributed by atoms with Crippen molar-refractivity contribution in [2.24, 2.45) is 4.99 Å². The minimum absolute atomic E-state index is 0.199. The van der Waals surface area contributed by atoms with Crippen LogP contribution in [0.3, 0.4) is 0 Å². The number of carbonyl (C=O) groups excluding carboxylic acids is 1. The van der Waals surface area contributed by atoms with E-state index in [1.165, 1.54) is 16.7 Å². The van der Waals surface area contributed by atoms with Crippen LogP contribution in [0.5, 0.6) is 0 Å². The Labute approximate surface area is 242 Å². The molecule has 0 bridgehead atoms. The highest BCUT2D eigenvalue weighted by Gasteiger charge is 2.23. The van der Waals surface area contributed by atoms with Crippen molar-refractivity contribution in [3.63, 3.8) is 0 Å². The van der Waals surface area contributed by atoms with Crippen molar-refractivity contribution >= 4 is 17.3 Å². The largest absolute Gasteiger partial charge is 0.321 e. The second-order valence-corrected chi connectivity index (χ2v) is 11.3. The first-order valence-corrected chi connectivity index (χ1v) is 14.0. The Kier molecular flexibility index (Phi) is 7.55. The molecule has 0 saturated carbocycles. The number of rotatable bonds is 5. The van der Waals surface area contributed by atoms with Crippen molar-refractivity contribution in [1.29, 1.82) is 0 Å². The molecule has 0 atom stereocenters. The summed E-state index contributed by atoms with van der Waals surface area (Å²) < 4.78 is 4.10. The van der Waals surface area contributed by atoms with E-state index >= 15 is 0 Å². The maximum atomic E-state index is 14.1. The molecular formula is C36H38N4O. The Hall–Kier alpha value is -4.64. The molecule has 1 aromatic heterocycles. The zero-order valence-corrected chi connectivity index (χ0v) is 25.3. The van der Waals surface area contributed by atoms with Crippen LogP contribution < -0.4 is 10.9 Å². The number of nitrogens with one attached hydrogen (secondary N) is 1. The quantitative estimate of drug-likeness (QED) is 0.239. The minimum Gasteiger partial charge on any atom is -0.321 e. The van der Waals surface area contributed by atoms with Crippen molar-refractivity contribution in [2.45, 2.75) is 55.4 Å². The van der Waals surface area contributed by atoms with Crippen LogP contribution in [0.4, 0.5) is 11.4 Å². The van der Waals surface area contributed by atoms with Crippen LogP contribution in [0.2, 0.25) is 0 Å². The summed E-state index contributed by atoms with van der Waals surface area (Å²) in [7, 11) is 0. The number of amides is 1. The fourth-order valence-corrected chi connectivity index (χ4v) is 5.75. The number of anilines is 1. The third-order valence-electron chi connectivity index (χ3n) is 7.45. The van der Waals surface area contributed by atoms with Crippen molar-refractivity contribution in [3.05, 3.63) is 135 Å². The molecule has 0 radical (unpaired) electrons. The van der Waals surface area contributed by atoms with Crippen molar-refractivity contribution in [3.8, 4) is 11.4 Å². The van der Waals surface area contributed by atoms with E-state index < -0.39 is 0 Å². The van der Waals surface area contributed by atoms with Gasteiger partial charge in [-0.25, -0.2) is 4.99 Å². The Morgan fingerprint density at radius 3 is 1.59 bits per heavy atom. The molecule has 5 rings (SSSR count). The fourth-order valence-electron chi connectivity index (χ4n) is 5.75. The Balaban J connectivity index is 1.88. The third kappa shape index (κ3) is 5.66. The topological polar surface area (TPSA) is 51.3 Å². The smallest absolute Gasteiger partial charge is 0.274 e. The molecule has 0 fully saturated rings. The van der Waals surface area contributed by atoms with Gasteiger partial charge in [0.1, 0.15) is 5.69 Å². The predicted molar refractivity (Wildman–Crippen MR) is 169 cm³/mol. The minimum atomic E-state index is -0.199. The van der Waals surface area contributed by atoms with Gasteiger partial charge in [-0.05, 0) is 102 Å². The normalized spacial score (nSPS) is 11.7. The van der Waals surface area contributed by atoms with Gasteiger partial charge in [0.15, 0.2) is 0 Å². The predicted octanol–water partition coefficient (Wildman–Crippen LogP) is 8.22. The lowest BCUT2D eigenvalue weighted by atomic mass is 10.0. The van der Waals surface area contributed by atoms with Crippen LogP contribution in [-0.4, -0.2) is 15.0 Å². The second kappa shape index (κ2) is 11.1. The average Bonchev–Trinajstić information content (AvgIpc) is 3.24. The molecule has 4 aromatic carbocycles. The van der Waals surface area contributed by atoms with Crippen molar-refractivity contribution < 1.29 is 4.79 Å². The van der Waals surface area contributed by atoms with E-state index in [1.54, 1.807) is 0 Å². The highest BCUT2D eigenvalue weighted by atomic mass is 16.2. The van der Waals surface area contributed by atoms with Gasteiger partial charge in [0.25, 0.3) is 5.91 Å². The molecule has 0 spiro atoms. The SMILES string of the molecule is Cc1ccc(N=c2n(-c3c(C)cc(C)cc3C)cc(C(=O)Nc3ccc(C)cc3)n2-c2c(C)cc(C)cc2C)cc1. The van der Waals surface area contributed by atoms with E-state index in [2.05, 4.69) is 94.7 Å². The monoisotopic (exact) mass is 542 g/mol. The molecule has 5 heteroatoms. The second-order valence-electron chi connectivity index (χ2n) is 11.3. The number of imidazole rings is 1. The number of benzene rings is 4. The molecular weight excluding hydrogens is 504 g/mol. The first kappa shape index (κ1) is 27.9. The van der Waals surface area contributed by atoms with Gasteiger partial charge in [-0.1, -0.05) is 70.8 Å². The van der Waals surface area contributed by atoms with E-state index in [0.29, 0.717) is 11.3 Å². The number of carbonyl (C=O) groups is 1. The summed E-state index contributed by atoms with van der Waals surface area (Å²) in [5.41, 5.74) is 13.8. The molecule has 5 aromatic rings. The van der Waals surface area contributed by atoms with Gasteiger partial charge >= 0.3 is 0 Å². The lowest BCUT2D eigenvalue weighted by Crippen LogP contribution is -2.28. The van der Waals surface area contributed by atoms with E-state index in [1.807, 2.05) is 54.1 Å². The fraction of sp³-hybridized carbons (Fsp3) is 0.222. The zero-order chi connectivity index (χ0) is 29.4.